The second kappa shape index (κ2) is 5.89. The van der Waals surface area contributed by atoms with E-state index in [2.05, 4.69) is 4.72 Å². The van der Waals surface area contributed by atoms with Gasteiger partial charge in [-0.05, 0) is 58.7 Å². The molecule has 0 atom stereocenters. The average Bonchev–Trinajstić information content (AvgIpc) is 2.76. The van der Waals surface area contributed by atoms with Crippen LogP contribution >= 0.6 is 33.9 Å². The maximum Gasteiger partial charge on any atom is 0.347 e. The van der Waals surface area contributed by atoms with Crippen LogP contribution in [0.2, 0.25) is 0 Å². The summed E-state index contributed by atoms with van der Waals surface area (Å²) in [6.45, 7) is 1.52. The first-order valence-electron chi connectivity index (χ1n) is 5.51. The van der Waals surface area contributed by atoms with Gasteiger partial charge in [0.1, 0.15) is 15.6 Å². The average molecular weight is 441 g/mol. The summed E-state index contributed by atoms with van der Waals surface area (Å²) < 4.78 is 40.5. The number of aryl methyl sites for hydroxylation is 1. The monoisotopic (exact) mass is 441 g/mol. The van der Waals surface area contributed by atoms with Crippen molar-refractivity contribution in [3.63, 3.8) is 0 Å². The predicted molar refractivity (Wildman–Crippen MR) is 85.9 cm³/mol. The number of hydrogen-bond acceptors (Lipinski definition) is 4. The Bertz CT molecular complexity index is 817. The van der Waals surface area contributed by atoms with Crippen molar-refractivity contribution < 1.29 is 22.7 Å². The third kappa shape index (κ3) is 3.35. The third-order valence-electron chi connectivity index (χ3n) is 2.56. The minimum absolute atomic E-state index is 0.193. The van der Waals surface area contributed by atoms with Crippen LogP contribution in [-0.2, 0) is 10.0 Å². The molecule has 1 heterocycles. The first kappa shape index (κ1) is 16.2. The highest BCUT2D eigenvalue weighted by Gasteiger charge is 2.27. The van der Waals surface area contributed by atoms with Gasteiger partial charge in [0.15, 0.2) is 0 Å². The van der Waals surface area contributed by atoms with Gasteiger partial charge < -0.3 is 5.11 Å². The molecule has 0 saturated heterocycles. The Labute approximate surface area is 138 Å². The molecule has 2 aromatic rings. The maximum atomic E-state index is 13.0. The van der Waals surface area contributed by atoms with Gasteiger partial charge in [0, 0.05) is 3.57 Å². The number of benzene rings is 1. The Kier molecular flexibility index (Phi) is 4.54. The Hall–Kier alpha value is -1.20. The molecule has 5 nitrogen and oxygen atoms in total. The lowest BCUT2D eigenvalue weighted by molar-refractivity contribution is 0.0698. The Balaban J connectivity index is 2.48. The van der Waals surface area contributed by atoms with E-state index >= 15 is 0 Å². The number of hydrogen-bond donors (Lipinski definition) is 2. The zero-order valence-corrected chi connectivity index (χ0v) is 14.3. The Morgan fingerprint density at radius 3 is 2.67 bits per heavy atom. The topological polar surface area (TPSA) is 83.5 Å². The van der Waals surface area contributed by atoms with Gasteiger partial charge in [0.05, 0.1) is 5.69 Å². The van der Waals surface area contributed by atoms with Gasteiger partial charge in [-0.1, -0.05) is 0 Å². The van der Waals surface area contributed by atoms with Crippen molar-refractivity contribution in [1.82, 2.24) is 0 Å². The Morgan fingerprint density at radius 2 is 2.10 bits per heavy atom. The van der Waals surface area contributed by atoms with Crippen LogP contribution in [0.3, 0.4) is 0 Å². The van der Waals surface area contributed by atoms with Crippen molar-refractivity contribution >= 4 is 55.6 Å². The number of anilines is 1. The van der Waals surface area contributed by atoms with Crippen molar-refractivity contribution in [2.45, 2.75) is 11.8 Å². The molecule has 2 N–H and O–H groups in total. The second-order valence-corrected chi connectivity index (χ2v) is 7.77. The molecule has 0 aliphatic rings. The molecule has 0 spiro atoms. The molecule has 0 aliphatic heterocycles. The number of rotatable bonds is 4. The van der Waals surface area contributed by atoms with Crippen LogP contribution in [0, 0.1) is 16.3 Å². The standard InChI is InChI=1S/C12H9FINO4S2/c1-6-5-20-10(12(16)17)11(6)21(18,19)15-9-3-2-7(13)4-8(9)14/h2-5,15H,1H3,(H,16,17). The van der Waals surface area contributed by atoms with Gasteiger partial charge in [0.25, 0.3) is 10.0 Å². The zero-order valence-electron chi connectivity index (χ0n) is 10.6. The molecule has 0 aliphatic carbocycles. The smallest absolute Gasteiger partial charge is 0.347 e. The van der Waals surface area contributed by atoms with E-state index in [1.807, 2.05) is 0 Å². The minimum Gasteiger partial charge on any atom is -0.477 e. The summed E-state index contributed by atoms with van der Waals surface area (Å²) in [4.78, 5) is 10.6. The van der Waals surface area contributed by atoms with Crippen LogP contribution in [0.15, 0.2) is 28.5 Å². The van der Waals surface area contributed by atoms with Crippen LogP contribution in [0.4, 0.5) is 10.1 Å². The number of sulfonamides is 1. The quantitative estimate of drug-likeness (QED) is 0.714. The predicted octanol–water partition coefficient (Wildman–Crippen LogP) is 3.30. The first-order valence-corrected chi connectivity index (χ1v) is 8.96. The van der Waals surface area contributed by atoms with Crippen molar-refractivity contribution in [1.29, 1.82) is 0 Å². The summed E-state index contributed by atoms with van der Waals surface area (Å²) in [6.07, 6.45) is 0. The lowest BCUT2D eigenvalue weighted by Gasteiger charge is -2.10. The lowest BCUT2D eigenvalue weighted by Crippen LogP contribution is -2.17. The van der Waals surface area contributed by atoms with Crippen LogP contribution in [0.5, 0.6) is 0 Å². The van der Waals surface area contributed by atoms with Crippen LogP contribution in [0.25, 0.3) is 0 Å². The van der Waals surface area contributed by atoms with Crippen LogP contribution in [0.1, 0.15) is 15.2 Å². The summed E-state index contributed by atoms with van der Waals surface area (Å²) >= 11 is 2.64. The number of aromatic carboxylic acids is 1. The molecule has 0 radical (unpaired) electrons. The van der Waals surface area contributed by atoms with E-state index < -0.39 is 21.8 Å². The van der Waals surface area contributed by atoms with Gasteiger partial charge in [-0.15, -0.1) is 11.3 Å². The van der Waals surface area contributed by atoms with Crippen LogP contribution in [-0.4, -0.2) is 19.5 Å². The fraction of sp³-hybridized carbons (Fsp3) is 0.0833. The summed E-state index contributed by atoms with van der Waals surface area (Å²) in [5, 5.41) is 10.5. The molecule has 21 heavy (non-hydrogen) atoms. The number of nitrogens with one attached hydrogen (secondary N) is 1. The van der Waals surface area contributed by atoms with E-state index in [4.69, 9.17) is 5.11 Å². The largest absolute Gasteiger partial charge is 0.477 e. The van der Waals surface area contributed by atoms with E-state index in [1.165, 1.54) is 24.4 Å². The van der Waals surface area contributed by atoms with Crippen molar-refractivity contribution in [3.8, 4) is 0 Å². The molecule has 1 aromatic carbocycles. The van der Waals surface area contributed by atoms with Gasteiger partial charge >= 0.3 is 5.97 Å². The van der Waals surface area contributed by atoms with E-state index in [0.717, 1.165) is 17.4 Å². The summed E-state index contributed by atoms with van der Waals surface area (Å²) in [5.41, 5.74) is 0.543. The molecular weight excluding hydrogens is 432 g/mol. The van der Waals surface area contributed by atoms with E-state index in [0.29, 0.717) is 9.13 Å². The lowest BCUT2D eigenvalue weighted by atomic mass is 10.3. The highest BCUT2D eigenvalue weighted by Crippen LogP contribution is 2.30. The first-order chi connectivity index (χ1) is 9.72. The molecule has 1 aromatic heterocycles. The van der Waals surface area contributed by atoms with Crippen LogP contribution < -0.4 is 4.72 Å². The van der Waals surface area contributed by atoms with Crippen molar-refractivity contribution in [2.24, 2.45) is 0 Å². The molecule has 112 valence electrons. The number of halogens is 2. The molecular formula is C12H9FINO4S2. The third-order valence-corrected chi connectivity index (χ3v) is 6.22. The molecule has 9 heteroatoms. The van der Waals surface area contributed by atoms with E-state index in [9.17, 15) is 17.6 Å². The van der Waals surface area contributed by atoms with Gasteiger partial charge in [-0.25, -0.2) is 17.6 Å². The number of carbonyl (C=O) groups is 1. The highest BCUT2D eigenvalue weighted by atomic mass is 127. The molecule has 2 rings (SSSR count). The summed E-state index contributed by atoms with van der Waals surface area (Å²) in [7, 11) is -4.06. The van der Waals surface area contributed by atoms with E-state index in [-0.39, 0.29) is 15.5 Å². The molecule has 0 bridgehead atoms. The molecule has 0 saturated carbocycles. The minimum atomic E-state index is -4.06. The zero-order chi connectivity index (χ0) is 15.8. The summed E-state index contributed by atoms with van der Waals surface area (Å²) in [5.74, 6) is -1.79. The number of thiophene rings is 1. The SMILES string of the molecule is Cc1csc(C(=O)O)c1S(=O)(=O)Nc1ccc(F)cc1I. The van der Waals surface area contributed by atoms with Gasteiger partial charge in [-0.2, -0.15) is 0 Å². The highest BCUT2D eigenvalue weighted by molar-refractivity contribution is 14.1. The number of carboxylic acid groups (broad SMARTS) is 1. The van der Waals surface area contributed by atoms with Crippen molar-refractivity contribution in [3.05, 3.63) is 43.4 Å². The summed E-state index contributed by atoms with van der Waals surface area (Å²) in [6, 6.07) is 3.59. The second-order valence-electron chi connectivity index (χ2n) is 4.11. The fourth-order valence-electron chi connectivity index (χ4n) is 1.68. The van der Waals surface area contributed by atoms with Crippen molar-refractivity contribution in [2.75, 3.05) is 4.72 Å². The van der Waals surface area contributed by atoms with E-state index in [1.54, 1.807) is 22.6 Å². The number of carboxylic acids is 1. The normalized spacial score (nSPS) is 11.4. The molecule has 0 amide bonds. The molecule has 0 unspecified atom stereocenters. The Morgan fingerprint density at radius 1 is 1.43 bits per heavy atom. The van der Waals surface area contributed by atoms with Gasteiger partial charge in [0.2, 0.25) is 0 Å². The van der Waals surface area contributed by atoms with Gasteiger partial charge in [-0.3, -0.25) is 4.72 Å². The fourth-order valence-corrected chi connectivity index (χ4v) is 5.19. The maximum absolute atomic E-state index is 13.0. The molecule has 0 fully saturated rings.